The van der Waals surface area contributed by atoms with Crippen molar-refractivity contribution in [2.24, 2.45) is 0 Å². The fourth-order valence-electron chi connectivity index (χ4n) is 3.25. The Labute approximate surface area is 153 Å². The molecule has 2 aromatic rings. The van der Waals surface area contributed by atoms with Crippen molar-refractivity contribution in [3.05, 3.63) is 51.7 Å². The molecule has 0 bridgehead atoms. The second-order valence-corrected chi connectivity index (χ2v) is 7.64. The molecule has 1 fully saturated rings. The number of benzene rings is 1. The van der Waals surface area contributed by atoms with Crippen molar-refractivity contribution in [2.75, 3.05) is 25.0 Å². The summed E-state index contributed by atoms with van der Waals surface area (Å²) in [4.78, 5) is 16.0. The first kappa shape index (κ1) is 18.0. The van der Waals surface area contributed by atoms with Crippen LogP contribution in [0.2, 0.25) is 0 Å². The molecule has 4 nitrogen and oxygen atoms in total. The van der Waals surface area contributed by atoms with Gasteiger partial charge in [0.25, 0.3) is 0 Å². The van der Waals surface area contributed by atoms with Crippen LogP contribution in [0, 0.1) is 13.8 Å². The van der Waals surface area contributed by atoms with Crippen molar-refractivity contribution in [3.8, 4) is 0 Å². The minimum Gasteiger partial charge on any atom is -0.376 e. The highest BCUT2D eigenvalue weighted by molar-refractivity contribution is 7.09. The van der Waals surface area contributed by atoms with Gasteiger partial charge < -0.3 is 15.0 Å². The maximum absolute atomic E-state index is 12.9. The van der Waals surface area contributed by atoms with Crippen molar-refractivity contribution in [3.63, 3.8) is 0 Å². The van der Waals surface area contributed by atoms with Crippen LogP contribution in [0.5, 0.6) is 0 Å². The monoisotopic (exact) mass is 358 g/mol. The van der Waals surface area contributed by atoms with Gasteiger partial charge in [0.15, 0.2) is 0 Å². The van der Waals surface area contributed by atoms with Crippen molar-refractivity contribution in [1.82, 2.24) is 4.90 Å². The second-order valence-electron chi connectivity index (χ2n) is 6.61. The lowest BCUT2D eigenvalue weighted by Gasteiger charge is -2.26. The summed E-state index contributed by atoms with van der Waals surface area (Å²) in [6.07, 6.45) is 2.30. The third-order valence-corrected chi connectivity index (χ3v) is 5.49. The molecule has 5 heteroatoms. The molecule has 1 amide bonds. The number of amides is 1. The number of thiophene rings is 1. The smallest absolute Gasteiger partial charge is 0.242 e. The highest BCUT2D eigenvalue weighted by Crippen LogP contribution is 2.20. The van der Waals surface area contributed by atoms with Gasteiger partial charge in [-0.2, -0.15) is 0 Å². The van der Waals surface area contributed by atoms with E-state index in [1.54, 1.807) is 11.3 Å². The number of hydrogen-bond donors (Lipinski definition) is 1. The summed E-state index contributed by atoms with van der Waals surface area (Å²) in [7, 11) is 0. The lowest BCUT2D eigenvalue weighted by atomic mass is 10.1. The number of aryl methyl sites for hydroxylation is 2. The average molecular weight is 359 g/mol. The summed E-state index contributed by atoms with van der Waals surface area (Å²) in [6, 6.07) is 10.3. The second kappa shape index (κ2) is 8.50. The van der Waals surface area contributed by atoms with E-state index in [0.29, 0.717) is 19.6 Å². The molecule has 0 saturated carbocycles. The SMILES string of the molecule is Cc1cccc(C)c1NCC(=O)N(Cc1cccs1)CC1CCCO1. The van der Waals surface area contributed by atoms with Gasteiger partial charge in [-0.05, 0) is 49.3 Å². The maximum atomic E-state index is 12.9. The zero-order valence-electron chi connectivity index (χ0n) is 15.0. The quantitative estimate of drug-likeness (QED) is 0.814. The number of nitrogens with zero attached hydrogens (tertiary/aromatic N) is 1. The van der Waals surface area contributed by atoms with Crippen molar-refractivity contribution in [1.29, 1.82) is 0 Å². The van der Waals surface area contributed by atoms with Crippen LogP contribution in [-0.4, -0.2) is 36.6 Å². The predicted octanol–water partition coefficient (Wildman–Crippen LogP) is 3.98. The molecule has 1 unspecified atom stereocenters. The molecular weight excluding hydrogens is 332 g/mol. The lowest BCUT2D eigenvalue weighted by Crippen LogP contribution is -2.40. The van der Waals surface area contributed by atoms with Crippen LogP contribution in [0.4, 0.5) is 5.69 Å². The topological polar surface area (TPSA) is 41.6 Å². The van der Waals surface area contributed by atoms with Crippen molar-refractivity contribution in [2.45, 2.75) is 39.3 Å². The standard InChI is InChI=1S/C20H26N2O2S/c1-15-6-3-7-16(2)20(15)21-12-19(23)22(13-17-8-4-10-24-17)14-18-9-5-11-25-18/h3,5-7,9,11,17,21H,4,8,10,12-14H2,1-2H3. The Morgan fingerprint density at radius 3 is 2.72 bits per heavy atom. The Morgan fingerprint density at radius 2 is 2.08 bits per heavy atom. The minimum atomic E-state index is 0.117. The summed E-state index contributed by atoms with van der Waals surface area (Å²) >= 11 is 1.69. The Bertz CT molecular complexity index is 673. The van der Waals surface area contributed by atoms with Gasteiger partial charge in [-0.15, -0.1) is 11.3 Å². The molecule has 0 aliphatic carbocycles. The Kier molecular flexibility index (Phi) is 6.10. The summed E-state index contributed by atoms with van der Waals surface area (Å²) in [5.41, 5.74) is 3.39. The lowest BCUT2D eigenvalue weighted by molar-refractivity contribution is -0.131. The molecule has 2 heterocycles. The van der Waals surface area contributed by atoms with Crippen LogP contribution >= 0.6 is 11.3 Å². The molecule has 1 aromatic carbocycles. The van der Waals surface area contributed by atoms with Crippen LogP contribution in [-0.2, 0) is 16.1 Å². The summed E-state index contributed by atoms with van der Waals surface area (Å²) in [5, 5.41) is 5.39. The Hall–Kier alpha value is -1.85. The van der Waals surface area contributed by atoms with Gasteiger partial charge in [0, 0.05) is 23.7 Å². The zero-order chi connectivity index (χ0) is 17.6. The number of carbonyl (C=O) groups excluding carboxylic acids is 1. The minimum absolute atomic E-state index is 0.117. The van der Waals surface area contributed by atoms with E-state index < -0.39 is 0 Å². The van der Waals surface area contributed by atoms with Gasteiger partial charge in [0.1, 0.15) is 0 Å². The molecule has 1 aliphatic rings. The fraction of sp³-hybridized carbons (Fsp3) is 0.450. The van der Waals surface area contributed by atoms with Crippen LogP contribution in [0.25, 0.3) is 0 Å². The Balaban J connectivity index is 1.65. The molecular formula is C20H26N2O2S. The van der Waals surface area contributed by atoms with E-state index in [9.17, 15) is 4.79 Å². The average Bonchev–Trinajstić information content (AvgIpc) is 3.27. The molecule has 3 rings (SSSR count). The summed E-state index contributed by atoms with van der Waals surface area (Å²) in [5.74, 6) is 0.117. The van der Waals surface area contributed by atoms with Gasteiger partial charge in [-0.3, -0.25) is 4.79 Å². The molecule has 1 aliphatic heterocycles. The molecule has 1 aromatic heterocycles. The van der Waals surface area contributed by atoms with E-state index in [1.165, 1.54) is 4.88 Å². The third kappa shape index (κ3) is 4.83. The van der Waals surface area contributed by atoms with Crippen LogP contribution in [0.1, 0.15) is 28.8 Å². The highest BCUT2D eigenvalue weighted by Gasteiger charge is 2.23. The number of nitrogens with one attached hydrogen (secondary N) is 1. The normalized spacial score (nSPS) is 16.8. The van der Waals surface area contributed by atoms with Gasteiger partial charge in [-0.25, -0.2) is 0 Å². The molecule has 1 atom stereocenters. The van der Waals surface area contributed by atoms with E-state index in [1.807, 2.05) is 17.0 Å². The number of ether oxygens (including phenoxy) is 1. The molecule has 0 spiro atoms. The molecule has 1 N–H and O–H groups in total. The summed E-state index contributed by atoms with van der Waals surface area (Å²) in [6.45, 7) is 6.58. The molecule has 1 saturated heterocycles. The molecule has 0 radical (unpaired) electrons. The van der Waals surface area contributed by atoms with Gasteiger partial charge >= 0.3 is 0 Å². The van der Waals surface area contributed by atoms with E-state index in [4.69, 9.17) is 4.74 Å². The van der Waals surface area contributed by atoms with Crippen LogP contribution in [0.15, 0.2) is 35.7 Å². The number of para-hydroxylation sites is 1. The number of anilines is 1. The first-order chi connectivity index (χ1) is 12.1. The third-order valence-electron chi connectivity index (χ3n) is 4.63. The largest absolute Gasteiger partial charge is 0.376 e. The first-order valence-corrected chi connectivity index (χ1v) is 9.73. The van der Waals surface area contributed by atoms with E-state index in [-0.39, 0.29) is 12.0 Å². The number of rotatable bonds is 7. The van der Waals surface area contributed by atoms with Crippen LogP contribution < -0.4 is 5.32 Å². The van der Waals surface area contributed by atoms with E-state index >= 15 is 0 Å². The van der Waals surface area contributed by atoms with E-state index in [0.717, 1.165) is 36.3 Å². The number of hydrogen-bond acceptors (Lipinski definition) is 4. The number of carbonyl (C=O) groups is 1. The predicted molar refractivity (Wildman–Crippen MR) is 103 cm³/mol. The van der Waals surface area contributed by atoms with E-state index in [2.05, 4.69) is 42.7 Å². The summed E-state index contributed by atoms with van der Waals surface area (Å²) < 4.78 is 5.74. The van der Waals surface area contributed by atoms with Crippen molar-refractivity contribution >= 4 is 22.9 Å². The van der Waals surface area contributed by atoms with Gasteiger partial charge in [0.2, 0.25) is 5.91 Å². The Morgan fingerprint density at radius 1 is 1.28 bits per heavy atom. The van der Waals surface area contributed by atoms with Crippen molar-refractivity contribution < 1.29 is 9.53 Å². The van der Waals surface area contributed by atoms with Crippen LogP contribution in [0.3, 0.4) is 0 Å². The molecule has 134 valence electrons. The maximum Gasteiger partial charge on any atom is 0.242 e. The van der Waals surface area contributed by atoms with Gasteiger partial charge in [0.05, 0.1) is 19.2 Å². The molecule has 25 heavy (non-hydrogen) atoms. The highest BCUT2D eigenvalue weighted by atomic mass is 32.1. The first-order valence-electron chi connectivity index (χ1n) is 8.85. The van der Waals surface area contributed by atoms with Gasteiger partial charge in [-0.1, -0.05) is 24.3 Å². The zero-order valence-corrected chi connectivity index (χ0v) is 15.8. The fourth-order valence-corrected chi connectivity index (χ4v) is 3.97.